The number of aromatic nitrogens is 2. The van der Waals surface area contributed by atoms with E-state index in [1.165, 1.54) is 22.9 Å². The van der Waals surface area contributed by atoms with Crippen LogP contribution in [0.2, 0.25) is 0 Å². The van der Waals surface area contributed by atoms with E-state index in [1.54, 1.807) is 11.4 Å². The van der Waals surface area contributed by atoms with Gasteiger partial charge in [-0.1, -0.05) is 0 Å². The van der Waals surface area contributed by atoms with E-state index in [9.17, 15) is 4.79 Å². The average Bonchev–Trinajstić information content (AvgIpc) is 2.75. The molecule has 15 heavy (non-hydrogen) atoms. The van der Waals surface area contributed by atoms with Crippen LogP contribution in [0.25, 0.3) is 0 Å². The van der Waals surface area contributed by atoms with E-state index in [2.05, 4.69) is 9.36 Å². The van der Waals surface area contributed by atoms with Crippen LogP contribution in [0.1, 0.15) is 21.1 Å². The summed E-state index contributed by atoms with van der Waals surface area (Å²) in [6.07, 6.45) is 0.301. The van der Waals surface area contributed by atoms with Gasteiger partial charge in [-0.15, -0.1) is 11.3 Å². The molecule has 0 aliphatic carbocycles. The van der Waals surface area contributed by atoms with Crippen LogP contribution in [0.3, 0.4) is 0 Å². The number of ketones is 1. The van der Waals surface area contributed by atoms with Crippen molar-refractivity contribution in [2.24, 2.45) is 0 Å². The summed E-state index contributed by atoms with van der Waals surface area (Å²) in [5, 5.41) is 2.31. The Labute approximate surface area is 94.9 Å². The molecule has 0 unspecified atom stereocenters. The van der Waals surface area contributed by atoms with Crippen LogP contribution >= 0.6 is 22.9 Å². The van der Waals surface area contributed by atoms with Crippen LogP contribution in [0.5, 0.6) is 0 Å². The largest absolute Gasteiger partial charge is 0.375 e. The summed E-state index contributed by atoms with van der Waals surface area (Å²) >= 11 is 2.58. The molecule has 0 bridgehead atoms. The highest BCUT2D eigenvalue weighted by molar-refractivity contribution is 7.13. The van der Waals surface area contributed by atoms with Gasteiger partial charge in [-0.25, -0.2) is 4.98 Å². The monoisotopic (exact) mass is 239 g/mol. The number of nitrogens with zero attached hydrogens (tertiary/aromatic N) is 2. The first-order valence-corrected chi connectivity index (χ1v) is 5.97. The maximum absolute atomic E-state index is 11.7. The number of carbonyl (C=O) groups excluding carboxylic acids is 1. The molecule has 6 heteroatoms. The van der Waals surface area contributed by atoms with Gasteiger partial charge >= 0.3 is 0 Å². The normalized spacial score (nSPS) is 10.5. The molecular formula is C9H9N3OS2. The van der Waals surface area contributed by atoms with Crippen molar-refractivity contribution in [3.05, 3.63) is 27.7 Å². The van der Waals surface area contributed by atoms with Gasteiger partial charge in [-0.3, -0.25) is 4.79 Å². The number of nitrogen functional groups attached to an aromatic ring is 1. The lowest BCUT2D eigenvalue weighted by Gasteiger charge is -1.92. The highest BCUT2D eigenvalue weighted by Gasteiger charge is 2.11. The van der Waals surface area contributed by atoms with Crippen LogP contribution in [0, 0.1) is 6.92 Å². The third kappa shape index (κ3) is 2.40. The lowest BCUT2D eigenvalue weighted by Crippen LogP contribution is -2.01. The van der Waals surface area contributed by atoms with Crippen molar-refractivity contribution in [2.75, 3.05) is 5.73 Å². The molecule has 4 nitrogen and oxygen atoms in total. The molecule has 0 atom stereocenters. The van der Waals surface area contributed by atoms with Gasteiger partial charge in [0.15, 0.2) is 10.9 Å². The second-order valence-corrected chi connectivity index (χ2v) is 4.80. The van der Waals surface area contributed by atoms with Crippen LogP contribution in [-0.4, -0.2) is 15.1 Å². The number of aryl methyl sites for hydroxylation is 1. The van der Waals surface area contributed by atoms with Gasteiger partial charge < -0.3 is 5.73 Å². The molecule has 2 aromatic heterocycles. The molecule has 0 fully saturated rings. The zero-order valence-corrected chi connectivity index (χ0v) is 9.69. The number of Topliss-reactive ketones (excluding diaryl/α,β-unsaturated/α-hetero) is 1. The summed E-state index contributed by atoms with van der Waals surface area (Å²) < 4.78 is 4.06. The minimum Gasteiger partial charge on any atom is -0.375 e. The summed E-state index contributed by atoms with van der Waals surface area (Å²) in [6, 6.07) is 1.79. The average molecular weight is 239 g/mol. The van der Waals surface area contributed by atoms with Gasteiger partial charge in [0.25, 0.3) is 0 Å². The van der Waals surface area contributed by atoms with Gasteiger partial charge in [0.05, 0.1) is 22.7 Å². The topological polar surface area (TPSA) is 68.9 Å². The quantitative estimate of drug-likeness (QED) is 0.831. The van der Waals surface area contributed by atoms with Crippen molar-refractivity contribution in [3.8, 4) is 0 Å². The fourth-order valence-corrected chi connectivity index (χ4v) is 2.41. The van der Waals surface area contributed by atoms with Crippen molar-refractivity contribution in [2.45, 2.75) is 13.3 Å². The fraction of sp³-hybridized carbons (Fsp3) is 0.222. The highest BCUT2D eigenvalue weighted by atomic mass is 32.1. The summed E-state index contributed by atoms with van der Waals surface area (Å²) in [4.78, 5) is 16.5. The lowest BCUT2D eigenvalue weighted by molar-refractivity contribution is 0.0996. The predicted octanol–water partition coefficient (Wildman–Crippen LogP) is 1.92. The zero-order valence-electron chi connectivity index (χ0n) is 8.06. The van der Waals surface area contributed by atoms with E-state index in [0.29, 0.717) is 16.4 Å². The Morgan fingerprint density at radius 2 is 2.40 bits per heavy atom. The highest BCUT2D eigenvalue weighted by Crippen LogP contribution is 2.16. The van der Waals surface area contributed by atoms with Gasteiger partial charge in [0.1, 0.15) is 0 Å². The fourth-order valence-electron chi connectivity index (χ4n) is 1.15. The Morgan fingerprint density at radius 3 is 2.93 bits per heavy atom. The molecule has 0 aliphatic rings. The van der Waals surface area contributed by atoms with Gasteiger partial charge in [-0.05, 0) is 24.5 Å². The summed E-state index contributed by atoms with van der Waals surface area (Å²) in [5.41, 5.74) is 7.09. The van der Waals surface area contributed by atoms with E-state index in [4.69, 9.17) is 5.73 Å². The number of hydrogen-bond donors (Lipinski definition) is 1. The molecule has 0 radical (unpaired) electrons. The molecule has 2 heterocycles. The number of anilines is 1. The first kappa shape index (κ1) is 10.3. The minimum atomic E-state index is 0.0471. The molecule has 2 N–H and O–H groups in total. The van der Waals surface area contributed by atoms with Crippen molar-refractivity contribution in [3.63, 3.8) is 0 Å². The van der Waals surface area contributed by atoms with Crippen molar-refractivity contribution >= 4 is 33.8 Å². The third-order valence-corrected chi connectivity index (χ3v) is 3.46. The molecule has 2 rings (SSSR count). The third-order valence-electron chi connectivity index (χ3n) is 1.81. The summed E-state index contributed by atoms with van der Waals surface area (Å²) in [6.45, 7) is 1.87. The molecule has 0 aromatic carbocycles. The molecule has 0 saturated heterocycles. The maximum atomic E-state index is 11.7. The van der Waals surface area contributed by atoms with Crippen LogP contribution in [-0.2, 0) is 6.42 Å². The number of thiazole rings is 1. The zero-order chi connectivity index (χ0) is 10.8. The van der Waals surface area contributed by atoms with Crippen molar-refractivity contribution < 1.29 is 4.79 Å². The number of carbonyl (C=O) groups is 1. The predicted molar refractivity (Wildman–Crippen MR) is 61.4 cm³/mol. The maximum Gasteiger partial charge on any atom is 0.180 e. The standard InChI is InChI=1S/C9H9N3OS2/c1-5-2-8(15-12-5)7(13)3-6-4-14-9(10)11-6/h2,4H,3H2,1H3,(H2,10,11). The Kier molecular flexibility index (Phi) is 2.79. The van der Waals surface area contributed by atoms with Gasteiger partial charge in [0, 0.05) is 5.38 Å². The lowest BCUT2D eigenvalue weighted by atomic mass is 10.2. The van der Waals surface area contributed by atoms with Crippen LogP contribution in [0.15, 0.2) is 11.4 Å². The summed E-state index contributed by atoms with van der Waals surface area (Å²) in [5.74, 6) is 0.0471. The molecular weight excluding hydrogens is 230 g/mol. The molecule has 0 spiro atoms. The molecule has 2 aromatic rings. The second-order valence-electron chi connectivity index (χ2n) is 3.11. The number of rotatable bonds is 3. The van der Waals surface area contributed by atoms with Gasteiger partial charge in [-0.2, -0.15) is 4.37 Å². The number of hydrogen-bond acceptors (Lipinski definition) is 6. The Bertz CT molecular complexity index is 489. The van der Waals surface area contributed by atoms with Gasteiger partial charge in [0.2, 0.25) is 0 Å². The van der Waals surface area contributed by atoms with Crippen molar-refractivity contribution in [1.29, 1.82) is 0 Å². The summed E-state index contributed by atoms with van der Waals surface area (Å²) in [7, 11) is 0. The number of nitrogens with two attached hydrogens (primary N) is 1. The van der Waals surface area contributed by atoms with E-state index < -0.39 is 0 Å². The molecule has 0 aliphatic heterocycles. The molecule has 0 saturated carbocycles. The van der Waals surface area contributed by atoms with E-state index in [0.717, 1.165) is 11.4 Å². The smallest absolute Gasteiger partial charge is 0.180 e. The second kappa shape index (κ2) is 4.08. The Morgan fingerprint density at radius 1 is 1.60 bits per heavy atom. The van der Waals surface area contributed by atoms with E-state index in [1.807, 2.05) is 6.92 Å². The van der Waals surface area contributed by atoms with E-state index >= 15 is 0 Å². The van der Waals surface area contributed by atoms with E-state index in [-0.39, 0.29) is 5.78 Å². The first-order chi connectivity index (χ1) is 7.15. The first-order valence-electron chi connectivity index (χ1n) is 4.31. The van der Waals surface area contributed by atoms with Crippen LogP contribution in [0.4, 0.5) is 5.13 Å². The minimum absolute atomic E-state index is 0.0471. The van der Waals surface area contributed by atoms with Crippen molar-refractivity contribution in [1.82, 2.24) is 9.36 Å². The molecule has 0 amide bonds. The van der Waals surface area contributed by atoms with Crippen LogP contribution < -0.4 is 5.73 Å². The Balaban J connectivity index is 2.10. The SMILES string of the molecule is Cc1cc(C(=O)Cc2csc(N)n2)sn1. The Hall–Kier alpha value is -1.27. The molecule has 78 valence electrons.